The molecule has 3 aliphatic carbocycles. The van der Waals surface area contributed by atoms with Crippen LogP contribution < -0.4 is 0 Å². The molecule has 266 valence electrons. The van der Waals surface area contributed by atoms with Crippen molar-refractivity contribution in [1.82, 2.24) is 0 Å². The van der Waals surface area contributed by atoms with Crippen molar-refractivity contribution in [2.45, 2.75) is 71.6 Å². The molecule has 0 saturated heterocycles. The molecule has 0 aliphatic heterocycles. The van der Waals surface area contributed by atoms with Gasteiger partial charge in [-0.2, -0.15) is 0 Å². The average Bonchev–Trinajstić information content (AvgIpc) is 3.65. The summed E-state index contributed by atoms with van der Waals surface area (Å²) in [6, 6.07) is 51.0. The van der Waals surface area contributed by atoms with E-state index in [4.69, 9.17) is 0 Å². The first-order chi connectivity index (χ1) is 26.4. The smallest absolute Gasteiger partial charge is 0.0165 e. The minimum Gasteiger partial charge on any atom is -0.0622 e. The second-order valence-corrected chi connectivity index (χ2v) is 18.2. The maximum Gasteiger partial charge on any atom is 0.0165 e. The van der Waals surface area contributed by atoms with Gasteiger partial charge in [0.15, 0.2) is 0 Å². The van der Waals surface area contributed by atoms with Crippen LogP contribution in [0.25, 0.3) is 77.2 Å². The van der Waals surface area contributed by atoms with E-state index in [0.717, 1.165) is 0 Å². The van der Waals surface area contributed by atoms with E-state index in [1.807, 2.05) is 0 Å². The van der Waals surface area contributed by atoms with Crippen LogP contribution in [0.3, 0.4) is 0 Å². The lowest BCUT2D eigenvalue weighted by atomic mass is 9.71. The molecule has 0 atom stereocenters. The van der Waals surface area contributed by atoms with Crippen molar-refractivity contribution in [3.63, 3.8) is 0 Å². The number of rotatable bonds is 2. The number of fused-ring (bicyclic) bond motifs is 14. The van der Waals surface area contributed by atoms with Crippen LogP contribution in [0.5, 0.6) is 0 Å². The van der Waals surface area contributed by atoms with Crippen LogP contribution >= 0.6 is 0 Å². The molecule has 0 heteroatoms. The predicted octanol–water partition coefficient (Wildman–Crippen LogP) is 14.9. The topological polar surface area (TPSA) is 0 Å². The zero-order valence-corrected chi connectivity index (χ0v) is 33.2. The van der Waals surface area contributed by atoms with E-state index in [2.05, 4.69) is 189 Å². The summed E-state index contributed by atoms with van der Waals surface area (Å²) in [5.41, 5.74) is 24.7. The van der Waals surface area contributed by atoms with Gasteiger partial charge in [0.2, 0.25) is 0 Å². The number of hydrogen-bond acceptors (Lipinski definition) is 0. The minimum atomic E-state index is -0.242. The standard InChI is InChI=1S/C55H46/c1-31-23-25-37-42(27-31)53(3,4)50-47-38-26-24-32(2)28-43(38)54(5,6)51(47)49-41-29-39-40(30-44(41)55(7,8)52(49)48(37)50)46(34-19-13-10-14-20-34)36-22-16-15-21-35(36)45(39)33-17-11-9-12-18-33/h9-30H,1-8H3. The summed E-state index contributed by atoms with van der Waals surface area (Å²) < 4.78 is 0. The number of aryl methyl sites for hydroxylation is 2. The third-order valence-electron chi connectivity index (χ3n) is 13.8. The lowest BCUT2D eigenvalue weighted by molar-refractivity contribution is 0.635. The SMILES string of the molecule is Cc1ccc2c(c1)C(C)(C)c1c-2c2c(c3c1-c1cc4c(-c5ccccc5)c5ccccc5c(-c5ccccc5)c4cc1C3(C)C)-c1ccc(C)cc1C2(C)C. The summed E-state index contributed by atoms with van der Waals surface area (Å²) in [4.78, 5) is 0. The first kappa shape index (κ1) is 32.7. The third-order valence-corrected chi connectivity index (χ3v) is 13.8. The molecule has 0 fully saturated rings. The number of hydrogen-bond donors (Lipinski definition) is 0. The van der Waals surface area contributed by atoms with Gasteiger partial charge >= 0.3 is 0 Å². The van der Waals surface area contributed by atoms with Crippen LogP contribution in [-0.4, -0.2) is 0 Å². The Bertz CT molecular complexity index is 2990. The van der Waals surface area contributed by atoms with Crippen molar-refractivity contribution in [3.05, 3.63) is 178 Å². The molecule has 8 aromatic carbocycles. The van der Waals surface area contributed by atoms with Gasteiger partial charge in [-0.25, -0.2) is 0 Å². The zero-order chi connectivity index (χ0) is 37.8. The molecule has 0 aromatic heterocycles. The van der Waals surface area contributed by atoms with E-state index in [0.29, 0.717) is 0 Å². The highest BCUT2D eigenvalue weighted by Gasteiger charge is 2.52. The summed E-state index contributed by atoms with van der Waals surface area (Å²) in [6.07, 6.45) is 0. The van der Waals surface area contributed by atoms with Gasteiger partial charge in [-0.1, -0.05) is 174 Å². The van der Waals surface area contributed by atoms with Crippen LogP contribution in [0.15, 0.2) is 133 Å². The largest absolute Gasteiger partial charge is 0.0622 e. The normalized spacial score (nSPS) is 16.1. The zero-order valence-electron chi connectivity index (χ0n) is 33.2. The van der Waals surface area contributed by atoms with Gasteiger partial charge in [0.1, 0.15) is 0 Å². The van der Waals surface area contributed by atoms with Gasteiger partial charge in [0.25, 0.3) is 0 Å². The molecule has 0 spiro atoms. The molecule has 55 heavy (non-hydrogen) atoms. The van der Waals surface area contributed by atoms with Gasteiger partial charge in [0, 0.05) is 16.2 Å². The van der Waals surface area contributed by atoms with Crippen molar-refractivity contribution in [2.24, 2.45) is 0 Å². The highest BCUT2D eigenvalue weighted by atomic mass is 14.5. The maximum atomic E-state index is 2.62. The van der Waals surface area contributed by atoms with Crippen molar-refractivity contribution in [1.29, 1.82) is 0 Å². The molecular formula is C55H46. The monoisotopic (exact) mass is 706 g/mol. The molecule has 0 amide bonds. The fraction of sp³-hybridized carbons (Fsp3) is 0.200. The summed E-state index contributed by atoms with van der Waals surface area (Å²) in [7, 11) is 0. The Morgan fingerprint density at radius 2 is 0.673 bits per heavy atom. The lowest BCUT2D eigenvalue weighted by Gasteiger charge is -2.31. The molecule has 0 saturated carbocycles. The van der Waals surface area contributed by atoms with Gasteiger partial charge in [-0.3, -0.25) is 0 Å². The molecule has 0 radical (unpaired) electrons. The quantitative estimate of drug-likeness (QED) is 0.157. The Labute approximate surface area is 325 Å². The van der Waals surface area contributed by atoms with Gasteiger partial charge in [-0.15, -0.1) is 0 Å². The number of benzene rings is 8. The van der Waals surface area contributed by atoms with E-state index in [1.165, 1.54) is 122 Å². The van der Waals surface area contributed by atoms with Gasteiger partial charge in [0.05, 0.1) is 0 Å². The van der Waals surface area contributed by atoms with Gasteiger partial charge < -0.3 is 0 Å². The Hall–Kier alpha value is -5.72. The van der Waals surface area contributed by atoms with E-state index in [-0.39, 0.29) is 16.2 Å². The van der Waals surface area contributed by atoms with Crippen molar-refractivity contribution >= 4 is 21.5 Å². The van der Waals surface area contributed by atoms with E-state index in [1.54, 1.807) is 0 Å². The maximum absolute atomic E-state index is 2.62. The van der Waals surface area contributed by atoms with Crippen molar-refractivity contribution in [2.75, 3.05) is 0 Å². The second-order valence-electron chi connectivity index (χ2n) is 18.2. The molecule has 11 rings (SSSR count). The van der Waals surface area contributed by atoms with Crippen LogP contribution in [-0.2, 0) is 16.2 Å². The summed E-state index contributed by atoms with van der Waals surface area (Å²) in [5.74, 6) is 0. The summed E-state index contributed by atoms with van der Waals surface area (Å²) >= 11 is 0. The Morgan fingerprint density at radius 3 is 1.11 bits per heavy atom. The Morgan fingerprint density at radius 1 is 0.309 bits per heavy atom. The van der Waals surface area contributed by atoms with E-state index in [9.17, 15) is 0 Å². The first-order valence-electron chi connectivity index (χ1n) is 20.0. The van der Waals surface area contributed by atoms with E-state index >= 15 is 0 Å². The molecule has 0 heterocycles. The lowest BCUT2D eigenvalue weighted by Crippen LogP contribution is -2.22. The second kappa shape index (κ2) is 10.7. The molecule has 0 bridgehead atoms. The van der Waals surface area contributed by atoms with Crippen LogP contribution in [0, 0.1) is 13.8 Å². The molecule has 0 N–H and O–H groups in total. The van der Waals surface area contributed by atoms with Crippen molar-refractivity contribution in [3.8, 4) is 55.6 Å². The van der Waals surface area contributed by atoms with Crippen LogP contribution in [0.1, 0.15) is 86.1 Å². The highest BCUT2D eigenvalue weighted by molar-refractivity contribution is 6.23. The third kappa shape index (κ3) is 4.08. The fourth-order valence-corrected chi connectivity index (χ4v) is 11.4. The Balaban J connectivity index is 1.37. The molecule has 0 nitrogen and oxygen atoms in total. The molecule has 3 aliphatic rings. The van der Waals surface area contributed by atoms with Crippen LogP contribution in [0.4, 0.5) is 0 Å². The first-order valence-corrected chi connectivity index (χ1v) is 20.0. The average molecular weight is 707 g/mol. The summed E-state index contributed by atoms with van der Waals surface area (Å²) in [6.45, 7) is 19.5. The molecule has 0 unspecified atom stereocenters. The Kier molecular flexibility index (Phi) is 6.38. The van der Waals surface area contributed by atoms with E-state index < -0.39 is 0 Å². The summed E-state index contributed by atoms with van der Waals surface area (Å²) in [5, 5.41) is 5.24. The molecular weight excluding hydrogens is 661 g/mol. The highest BCUT2D eigenvalue weighted by Crippen LogP contribution is 2.68. The minimum absolute atomic E-state index is 0.146. The molecule has 8 aromatic rings. The fourth-order valence-electron chi connectivity index (χ4n) is 11.4. The van der Waals surface area contributed by atoms with Crippen LogP contribution in [0.2, 0.25) is 0 Å². The van der Waals surface area contributed by atoms with Gasteiger partial charge in [-0.05, 0) is 137 Å². The predicted molar refractivity (Wildman–Crippen MR) is 234 cm³/mol. The van der Waals surface area contributed by atoms with Crippen molar-refractivity contribution < 1.29 is 0 Å².